The standard InChI is InChI=1S/C22H13F3N4O4/c23-22(24,25)16-7-1-15(2-8-16)21-26-19(13-3-9-17(10-4-13)28(30)31)20(27-21)14-5-11-18(12-6-14)29(32)33/h1-12H,(H,26,27). The van der Waals surface area contributed by atoms with E-state index in [2.05, 4.69) is 9.97 Å². The van der Waals surface area contributed by atoms with Gasteiger partial charge in [-0.2, -0.15) is 13.2 Å². The van der Waals surface area contributed by atoms with Gasteiger partial charge < -0.3 is 4.98 Å². The van der Waals surface area contributed by atoms with Gasteiger partial charge in [-0.1, -0.05) is 12.1 Å². The van der Waals surface area contributed by atoms with Crippen LogP contribution in [0.3, 0.4) is 0 Å². The zero-order valence-corrected chi connectivity index (χ0v) is 16.5. The van der Waals surface area contributed by atoms with Gasteiger partial charge in [0.05, 0.1) is 26.8 Å². The van der Waals surface area contributed by atoms with Gasteiger partial charge in [-0.25, -0.2) is 4.98 Å². The second-order valence-corrected chi connectivity index (χ2v) is 6.99. The number of benzene rings is 3. The number of aromatic amines is 1. The van der Waals surface area contributed by atoms with Gasteiger partial charge in [0.25, 0.3) is 11.4 Å². The first-order chi connectivity index (χ1) is 15.6. The van der Waals surface area contributed by atoms with Crippen molar-refractivity contribution in [3.8, 4) is 33.9 Å². The summed E-state index contributed by atoms with van der Waals surface area (Å²) < 4.78 is 38.7. The highest BCUT2D eigenvalue weighted by Gasteiger charge is 2.30. The van der Waals surface area contributed by atoms with Crippen LogP contribution < -0.4 is 0 Å². The van der Waals surface area contributed by atoms with Crippen molar-refractivity contribution in [3.05, 3.63) is 98.6 Å². The maximum Gasteiger partial charge on any atom is 0.416 e. The van der Waals surface area contributed by atoms with Gasteiger partial charge in [0.15, 0.2) is 0 Å². The maximum atomic E-state index is 12.9. The summed E-state index contributed by atoms with van der Waals surface area (Å²) in [5.74, 6) is 0.269. The Balaban J connectivity index is 1.82. The molecule has 1 aromatic heterocycles. The van der Waals surface area contributed by atoms with E-state index in [4.69, 9.17) is 0 Å². The van der Waals surface area contributed by atoms with Crippen LogP contribution in [0, 0.1) is 20.2 Å². The third kappa shape index (κ3) is 4.42. The number of non-ortho nitro benzene ring substituents is 2. The van der Waals surface area contributed by atoms with Crippen LogP contribution in [0.5, 0.6) is 0 Å². The fourth-order valence-corrected chi connectivity index (χ4v) is 3.24. The van der Waals surface area contributed by atoms with E-state index in [1.807, 2.05) is 0 Å². The number of nitrogens with one attached hydrogen (secondary N) is 1. The van der Waals surface area contributed by atoms with Crippen LogP contribution in [-0.4, -0.2) is 19.8 Å². The van der Waals surface area contributed by atoms with E-state index in [9.17, 15) is 33.4 Å². The number of aromatic nitrogens is 2. The van der Waals surface area contributed by atoms with Crippen LogP contribution in [0.2, 0.25) is 0 Å². The Kier molecular flexibility index (Phi) is 5.38. The molecule has 0 spiro atoms. The fourth-order valence-electron chi connectivity index (χ4n) is 3.24. The van der Waals surface area contributed by atoms with Crippen LogP contribution >= 0.6 is 0 Å². The molecule has 1 heterocycles. The van der Waals surface area contributed by atoms with Gasteiger partial charge in [-0.05, 0) is 36.4 Å². The number of nitro groups is 2. The lowest BCUT2D eigenvalue weighted by Gasteiger charge is -2.06. The molecule has 1 N–H and O–H groups in total. The molecule has 166 valence electrons. The van der Waals surface area contributed by atoms with E-state index in [-0.39, 0.29) is 17.2 Å². The lowest BCUT2D eigenvalue weighted by molar-refractivity contribution is -0.385. The average Bonchev–Trinajstić information content (AvgIpc) is 3.24. The third-order valence-corrected chi connectivity index (χ3v) is 4.91. The molecule has 0 fully saturated rings. The van der Waals surface area contributed by atoms with Crippen molar-refractivity contribution >= 4 is 11.4 Å². The number of hydrogen-bond donors (Lipinski definition) is 1. The van der Waals surface area contributed by atoms with Gasteiger partial charge in [-0.3, -0.25) is 20.2 Å². The van der Waals surface area contributed by atoms with E-state index in [0.29, 0.717) is 28.1 Å². The Morgan fingerprint density at radius 2 is 1.15 bits per heavy atom. The molecule has 0 aliphatic carbocycles. The molecule has 0 aliphatic heterocycles. The minimum absolute atomic E-state index is 0.113. The average molecular weight is 454 g/mol. The smallest absolute Gasteiger partial charge is 0.337 e. The highest BCUT2D eigenvalue weighted by atomic mass is 19.4. The summed E-state index contributed by atoms with van der Waals surface area (Å²) in [5.41, 5.74) is 1.25. The van der Waals surface area contributed by atoms with Crippen LogP contribution in [0.15, 0.2) is 72.8 Å². The number of rotatable bonds is 5. The Morgan fingerprint density at radius 3 is 1.61 bits per heavy atom. The Labute approximate surface area is 183 Å². The van der Waals surface area contributed by atoms with E-state index < -0.39 is 21.6 Å². The molecule has 0 saturated heterocycles. The molecule has 0 bridgehead atoms. The highest BCUT2D eigenvalue weighted by Crippen LogP contribution is 2.35. The molecule has 0 saturated carbocycles. The minimum Gasteiger partial charge on any atom is -0.337 e. The molecule has 0 aliphatic rings. The first-order valence-electron chi connectivity index (χ1n) is 9.41. The maximum absolute atomic E-state index is 12.9. The molecule has 3 aromatic carbocycles. The topological polar surface area (TPSA) is 115 Å². The summed E-state index contributed by atoms with van der Waals surface area (Å²) in [5, 5.41) is 21.9. The molecule has 8 nitrogen and oxygen atoms in total. The predicted octanol–water partition coefficient (Wildman–Crippen LogP) is 6.25. The lowest BCUT2D eigenvalue weighted by atomic mass is 10.0. The molecule has 4 aromatic rings. The van der Waals surface area contributed by atoms with Crippen LogP contribution in [0.1, 0.15) is 5.56 Å². The Hall–Kier alpha value is -4.54. The number of H-pyrrole nitrogens is 1. The SMILES string of the molecule is O=[N+]([O-])c1ccc(-c2nc(-c3ccc(C(F)(F)F)cc3)[nH]c2-c2ccc([N+](=O)[O-])cc2)cc1. The van der Waals surface area contributed by atoms with Crippen molar-refractivity contribution in [3.63, 3.8) is 0 Å². The van der Waals surface area contributed by atoms with E-state index in [1.54, 1.807) is 0 Å². The second kappa shape index (κ2) is 8.19. The molecule has 11 heteroatoms. The first kappa shape index (κ1) is 21.7. The zero-order valence-electron chi connectivity index (χ0n) is 16.5. The minimum atomic E-state index is -4.48. The lowest BCUT2D eigenvalue weighted by Crippen LogP contribution is -2.04. The van der Waals surface area contributed by atoms with Crippen molar-refractivity contribution in [2.24, 2.45) is 0 Å². The largest absolute Gasteiger partial charge is 0.416 e. The van der Waals surface area contributed by atoms with Crippen molar-refractivity contribution in [1.82, 2.24) is 9.97 Å². The highest BCUT2D eigenvalue weighted by molar-refractivity contribution is 5.81. The number of nitro benzene ring substituents is 2. The Morgan fingerprint density at radius 1 is 0.697 bits per heavy atom. The monoisotopic (exact) mass is 454 g/mol. The first-order valence-corrected chi connectivity index (χ1v) is 9.41. The molecular weight excluding hydrogens is 441 g/mol. The van der Waals surface area contributed by atoms with Gasteiger partial charge >= 0.3 is 6.18 Å². The van der Waals surface area contributed by atoms with Gasteiger partial charge in [0, 0.05) is 41.0 Å². The summed E-state index contributed by atoms with van der Waals surface area (Å²) in [6, 6.07) is 15.7. The number of hydrogen-bond acceptors (Lipinski definition) is 5. The normalized spacial score (nSPS) is 11.4. The summed E-state index contributed by atoms with van der Waals surface area (Å²) in [6.07, 6.45) is -4.48. The van der Waals surface area contributed by atoms with E-state index >= 15 is 0 Å². The van der Waals surface area contributed by atoms with E-state index in [0.717, 1.165) is 12.1 Å². The van der Waals surface area contributed by atoms with Crippen molar-refractivity contribution < 1.29 is 23.0 Å². The zero-order chi connectivity index (χ0) is 23.8. The van der Waals surface area contributed by atoms with Crippen LogP contribution in [-0.2, 0) is 6.18 Å². The van der Waals surface area contributed by atoms with E-state index in [1.165, 1.54) is 60.7 Å². The molecule has 4 rings (SSSR count). The molecule has 33 heavy (non-hydrogen) atoms. The number of nitrogens with zero attached hydrogens (tertiary/aromatic N) is 3. The van der Waals surface area contributed by atoms with Crippen molar-refractivity contribution in [1.29, 1.82) is 0 Å². The number of halogens is 3. The predicted molar refractivity (Wildman–Crippen MR) is 113 cm³/mol. The summed E-state index contributed by atoms with van der Waals surface area (Å²) in [4.78, 5) is 28.4. The summed E-state index contributed by atoms with van der Waals surface area (Å²) in [6.45, 7) is 0. The molecule has 0 atom stereocenters. The van der Waals surface area contributed by atoms with Crippen molar-refractivity contribution in [2.45, 2.75) is 6.18 Å². The van der Waals surface area contributed by atoms with Crippen molar-refractivity contribution in [2.75, 3.05) is 0 Å². The molecular formula is C22H13F3N4O4. The second-order valence-electron chi connectivity index (χ2n) is 6.99. The summed E-state index contributed by atoms with van der Waals surface area (Å²) >= 11 is 0. The van der Waals surface area contributed by atoms with Crippen LogP contribution in [0.4, 0.5) is 24.5 Å². The number of imidazole rings is 1. The van der Waals surface area contributed by atoms with Gasteiger partial charge in [-0.15, -0.1) is 0 Å². The van der Waals surface area contributed by atoms with Crippen LogP contribution in [0.25, 0.3) is 33.9 Å². The quantitative estimate of drug-likeness (QED) is 0.283. The van der Waals surface area contributed by atoms with Gasteiger partial charge in [0.2, 0.25) is 0 Å². The third-order valence-electron chi connectivity index (χ3n) is 4.91. The number of alkyl halides is 3. The molecule has 0 amide bonds. The molecule has 0 radical (unpaired) electrons. The molecule has 0 unspecified atom stereocenters. The Bertz CT molecular complexity index is 1260. The fraction of sp³-hybridized carbons (Fsp3) is 0.0455. The van der Waals surface area contributed by atoms with Gasteiger partial charge in [0.1, 0.15) is 5.82 Å². The summed E-state index contributed by atoms with van der Waals surface area (Å²) in [7, 11) is 0.